The predicted molar refractivity (Wildman–Crippen MR) is 93.5 cm³/mol. The van der Waals surface area contributed by atoms with Gasteiger partial charge in [0, 0.05) is 17.4 Å². The molecule has 3 aliphatic rings. The molecular weight excluding hydrogens is 284 g/mol. The molecule has 0 radical (unpaired) electrons. The molecule has 3 atom stereocenters. The van der Waals surface area contributed by atoms with Crippen LogP contribution in [0, 0.1) is 5.92 Å². The maximum absolute atomic E-state index is 6.49. The van der Waals surface area contributed by atoms with Crippen molar-refractivity contribution in [1.82, 2.24) is 0 Å². The number of hydrogen-bond acceptors (Lipinski definition) is 2. The molecule has 0 amide bonds. The first-order valence-corrected chi connectivity index (χ1v) is 9.47. The molecule has 1 aromatic rings. The van der Waals surface area contributed by atoms with Crippen LogP contribution in [-0.4, -0.2) is 11.2 Å². The Morgan fingerprint density at radius 2 is 1.83 bits per heavy atom. The Kier molecular flexibility index (Phi) is 3.44. The Bertz CT molecular complexity index is 601. The smallest absolute Gasteiger partial charge is 0.127 e. The van der Waals surface area contributed by atoms with Gasteiger partial charge in [-0.2, -0.15) is 0 Å². The second kappa shape index (κ2) is 5.16. The molecule has 0 N–H and O–H groups in total. The topological polar surface area (TPSA) is 18.5 Å². The van der Waals surface area contributed by atoms with Gasteiger partial charge in [0.05, 0.1) is 0 Å². The van der Waals surface area contributed by atoms with E-state index in [0.717, 1.165) is 30.8 Å². The SMILES string of the molecule is CCCCCc1cc2c3c(c1)O[C@@]1(C)CC[C@H](C3C1)C(C)(C)O2. The third kappa shape index (κ3) is 2.45. The largest absolute Gasteiger partial charge is 0.487 e. The number of aryl methyl sites for hydroxylation is 1. The fraction of sp³-hybridized carbons (Fsp3) is 0.714. The lowest BCUT2D eigenvalue weighted by Crippen LogP contribution is -2.53. The van der Waals surface area contributed by atoms with Crippen molar-refractivity contribution in [1.29, 1.82) is 0 Å². The van der Waals surface area contributed by atoms with Gasteiger partial charge in [-0.3, -0.25) is 0 Å². The van der Waals surface area contributed by atoms with E-state index < -0.39 is 0 Å². The Morgan fingerprint density at radius 1 is 1.09 bits per heavy atom. The van der Waals surface area contributed by atoms with Crippen LogP contribution in [0.1, 0.15) is 83.3 Å². The lowest BCUT2D eigenvalue weighted by Gasteiger charge is -2.55. The van der Waals surface area contributed by atoms with Crippen LogP contribution in [0.4, 0.5) is 0 Å². The van der Waals surface area contributed by atoms with Crippen molar-refractivity contribution < 1.29 is 9.47 Å². The van der Waals surface area contributed by atoms with Gasteiger partial charge in [0.15, 0.2) is 0 Å². The summed E-state index contributed by atoms with van der Waals surface area (Å²) in [6.07, 6.45) is 8.45. The molecule has 23 heavy (non-hydrogen) atoms. The Morgan fingerprint density at radius 3 is 2.57 bits per heavy atom. The molecule has 0 aromatic heterocycles. The minimum Gasteiger partial charge on any atom is -0.487 e. The first-order chi connectivity index (χ1) is 10.9. The molecule has 1 aliphatic carbocycles. The Balaban J connectivity index is 1.76. The highest BCUT2D eigenvalue weighted by atomic mass is 16.5. The quantitative estimate of drug-likeness (QED) is 0.671. The van der Waals surface area contributed by atoms with E-state index in [4.69, 9.17) is 9.47 Å². The summed E-state index contributed by atoms with van der Waals surface area (Å²) in [4.78, 5) is 0. The van der Waals surface area contributed by atoms with Crippen molar-refractivity contribution in [3.8, 4) is 11.5 Å². The summed E-state index contributed by atoms with van der Waals surface area (Å²) < 4.78 is 13.0. The minimum atomic E-state index is -0.0599. The summed E-state index contributed by atoms with van der Waals surface area (Å²) in [5.41, 5.74) is 2.71. The highest BCUT2D eigenvalue weighted by molar-refractivity contribution is 5.54. The average molecular weight is 314 g/mol. The zero-order valence-corrected chi connectivity index (χ0v) is 15.1. The normalized spacial score (nSPS) is 32.9. The van der Waals surface area contributed by atoms with Gasteiger partial charge in [-0.15, -0.1) is 0 Å². The lowest BCUT2D eigenvalue weighted by atomic mass is 9.61. The van der Waals surface area contributed by atoms with E-state index in [0.29, 0.717) is 11.8 Å². The van der Waals surface area contributed by atoms with Gasteiger partial charge < -0.3 is 9.47 Å². The zero-order valence-electron chi connectivity index (χ0n) is 15.1. The van der Waals surface area contributed by atoms with E-state index in [-0.39, 0.29) is 11.2 Å². The molecule has 1 fully saturated rings. The van der Waals surface area contributed by atoms with Crippen molar-refractivity contribution in [3.63, 3.8) is 0 Å². The summed E-state index contributed by atoms with van der Waals surface area (Å²) in [5, 5.41) is 0. The van der Waals surface area contributed by atoms with Gasteiger partial charge in [-0.05, 0) is 70.6 Å². The maximum atomic E-state index is 6.49. The van der Waals surface area contributed by atoms with E-state index in [1.54, 1.807) is 0 Å². The standard InChI is InChI=1S/C21H30O2/c1-5-6-7-8-14-11-17-19-15-13-21(4,23-18(19)12-14)10-9-16(15)20(2,3)22-17/h11-12,15-16H,5-10,13H2,1-4H3/t15?,16-,21+/m1/s1. The first-order valence-electron chi connectivity index (χ1n) is 9.47. The van der Waals surface area contributed by atoms with Crippen LogP contribution in [-0.2, 0) is 6.42 Å². The number of fused-ring (bicyclic) bond motifs is 1. The van der Waals surface area contributed by atoms with E-state index >= 15 is 0 Å². The van der Waals surface area contributed by atoms with Crippen LogP contribution >= 0.6 is 0 Å². The number of ether oxygens (including phenoxy) is 2. The molecule has 4 rings (SSSR count). The third-order valence-electron chi connectivity index (χ3n) is 6.35. The van der Waals surface area contributed by atoms with Crippen molar-refractivity contribution in [2.45, 2.75) is 89.8 Å². The molecule has 0 spiro atoms. The van der Waals surface area contributed by atoms with Crippen LogP contribution in [0.25, 0.3) is 0 Å². The van der Waals surface area contributed by atoms with Gasteiger partial charge in [0.25, 0.3) is 0 Å². The van der Waals surface area contributed by atoms with Gasteiger partial charge in [-0.1, -0.05) is 19.8 Å². The number of hydrogen-bond donors (Lipinski definition) is 0. The second-order valence-electron chi connectivity index (χ2n) is 8.68. The van der Waals surface area contributed by atoms with Crippen LogP contribution < -0.4 is 9.47 Å². The summed E-state index contributed by atoms with van der Waals surface area (Å²) in [6.45, 7) is 9.12. The summed E-state index contributed by atoms with van der Waals surface area (Å²) in [5.74, 6) is 3.45. The monoisotopic (exact) mass is 314 g/mol. The number of unbranched alkanes of at least 4 members (excludes halogenated alkanes) is 2. The van der Waals surface area contributed by atoms with Crippen molar-refractivity contribution >= 4 is 0 Å². The van der Waals surface area contributed by atoms with Crippen LogP contribution in [0.3, 0.4) is 0 Å². The molecule has 2 nitrogen and oxygen atoms in total. The Hall–Kier alpha value is -1.18. The molecule has 0 saturated heterocycles. The fourth-order valence-electron chi connectivity index (χ4n) is 5.14. The van der Waals surface area contributed by atoms with Crippen LogP contribution in [0.2, 0.25) is 0 Å². The number of benzene rings is 1. The molecular formula is C21H30O2. The maximum Gasteiger partial charge on any atom is 0.127 e. The van der Waals surface area contributed by atoms with E-state index in [1.807, 2.05) is 0 Å². The second-order valence-corrected chi connectivity index (χ2v) is 8.68. The lowest BCUT2D eigenvalue weighted by molar-refractivity contribution is -0.0727. The highest BCUT2D eigenvalue weighted by Gasteiger charge is 2.54. The minimum absolute atomic E-state index is 0.0287. The van der Waals surface area contributed by atoms with E-state index in [2.05, 4.69) is 39.8 Å². The van der Waals surface area contributed by atoms with E-state index in [9.17, 15) is 0 Å². The molecule has 1 saturated carbocycles. The van der Waals surface area contributed by atoms with E-state index in [1.165, 1.54) is 36.8 Å². The molecule has 1 unspecified atom stereocenters. The predicted octanol–water partition coefficient (Wildman–Crippen LogP) is 5.63. The zero-order chi connectivity index (χ0) is 16.2. The van der Waals surface area contributed by atoms with Gasteiger partial charge in [0.1, 0.15) is 22.7 Å². The molecule has 2 aliphatic heterocycles. The van der Waals surface area contributed by atoms with Crippen LogP contribution in [0.5, 0.6) is 11.5 Å². The summed E-state index contributed by atoms with van der Waals surface area (Å²) >= 11 is 0. The number of rotatable bonds is 4. The van der Waals surface area contributed by atoms with Gasteiger partial charge >= 0.3 is 0 Å². The van der Waals surface area contributed by atoms with Crippen molar-refractivity contribution in [2.24, 2.45) is 5.92 Å². The Labute approximate surface area is 140 Å². The van der Waals surface area contributed by atoms with Crippen molar-refractivity contribution in [3.05, 3.63) is 23.3 Å². The highest BCUT2D eigenvalue weighted by Crippen LogP contribution is 2.60. The molecule has 1 aromatic carbocycles. The third-order valence-corrected chi connectivity index (χ3v) is 6.35. The summed E-state index contributed by atoms with van der Waals surface area (Å²) in [6, 6.07) is 4.61. The molecule has 2 heterocycles. The first kappa shape index (κ1) is 15.4. The fourth-order valence-corrected chi connectivity index (χ4v) is 5.14. The molecule has 2 bridgehead atoms. The van der Waals surface area contributed by atoms with Crippen molar-refractivity contribution in [2.75, 3.05) is 0 Å². The summed E-state index contributed by atoms with van der Waals surface area (Å²) in [7, 11) is 0. The molecule has 126 valence electrons. The molecule has 2 heteroatoms. The van der Waals surface area contributed by atoms with Gasteiger partial charge in [0.2, 0.25) is 0 Å². The average Bonchev–Trinajstić information content (AvgIpc) is 2.45. The van der Waals surface area contributed by atoms with Crippen LogP contribution in [0.15, 0.2) is 12.1 Å². The van der Waals surface area contributed by atoms with Gasteiger partial charge in [-0.25, -0.2) is 0 Å².